The van der Waals surface area contributed by atoms with Crippen LogP contribution in [0, 0.1) is 0 Å². The SMILES string of the molecule is CCCCCC/C=C\CCCCCCCC(=O)OCC(COC(=O)CCCCCCCCCCCCCCCCCCCCCCCCCCCCCCCCCC)OC(=O)CCCCCCCCCCC/C=C\CCCCCCCC. The van der Waals surface area contributed by atoms with Gasteiger partial charge in [-0.3, -0.25) is 14.4 Å². The van der Waals surface area contributed by atoms with E-state index in [1.165, 1.54) is 321 Å². The molecular formula is C76H144O6. The fraction of sp³-hybridized carbons (Fsp3) is 0.908. The maximum Gasteiger partial charge on any atom is 0.306 e. The Hall–Kier alpha value is -2.11. The lowest BCUT2D eigenvalue weighted by atomic mass is 10.0. The van der Waals surface area contributed by atoms with E-state index in [1.807, 2.05) is 0 Å². The first-order chi connectivity index (χ1) is 40.5. The van der Waals surface area contributed by atoms with Crippen molar-refractivity contribution in [3.05, 3.63) is 24.3 Å². The van der Waals surface area contributed by atoms with Gasteiger partial charge in [0, 0.05) is 19.3 Å². The van der Waals surface area contributed by atoms with Gasteiger partial charge in [-0.25, -0.2) is 0 Å². The number of unbranched alkanes of at least 4 members (excludes halogenated alkanes) is 55. The van der Waals surface area contributed by atoms with Crippen LogP contribution in [0.5, 0.6) is 0 Å². The molecule has 0 aromatic carbocycles. The lowest BCUT2D eigenvalue weighted by Crippen LogP contribution is -2.30. The Morgan fingerprint density at radius 3 is 0.622 bits per heavy atom. The minimum absolute atomic E-state index is 0.0693. The number of allylic oxidation sites excluding steroid dienone is 4. The number of hydrogen-bond acceptors (Lipinski definition) is 6. The minimum Gasteiger partial charge on any atom is -0.462 e. The van der Waals surface area contributed by atoms with Crippen molar-refractivity contribution in [1.82, 2.24) is 0 Å². The molecule has 0 aliphatic carbocycles. The first-order valence-corrected chi connectivity index (χ1v) is 37.3. The molecule has 1 atom stereocenters. The third-order valence-corrected chi connectivity index (χ3v) is 17.2. The zero-order chi connectivity index (χ0) is 59.2. The molecule has 0 aliphatic rings. The predicted octanol–water partition coefficient (Wildman–Crippen LogP) is 25.7. The molecule has 0 N–H and O–H groups in total. The van der Waals surface area contributed by atoms with Crippen molar-refractivity contribution in [2.24, 2.45) is 0 Å². The van der Waals surface area contributed by atoms with Crippen LogP contribution < -0.4 is 0 Å². The lowest BCUT2D eigenvalue weighted by molar-refractivity contribution is -0.167. The summed E-state index contributed by atoms with van der Waals surface area (Å²) in [5, 5.41) is 0. The van der Waals surface area contributed by atoms with E-state index in [9.17, 15) is 14.4 Å². The Kier molecular flexibility index (Phi) is 69.5. The van der Waals surface area contributed by atoms with Gasteiger partial charge in [0.15, 0.2) is 6.10 Å². The summed E-state index contributed by atoms with van der Waals surface area (Å²) in [5.74, 6) is -0.850. The van der Waals surface area contributed by atoms with Crippen molar-refractivity contribution >= 4 is 17.9 Å². The summed E-state index contributed by atoms with van der Waals surface area (Å²) in [4.78, 5) is 38.4. The second kappa shape index (κ2) is 71.4. The summed E-state index contributed by atoms with van der Waals surface area (Å²) in [6.07, 6.45) is 88.1. The van der Waals surface area contributed by atoms with Crippen LogP contribution in [0.2, 0.25) is 0 Å². The lowest BCUT2D eigenvalue weighted by Gasteiger charge is -2.18. The number of hydrogen-bond donors (Lipinski definition) is 0. The third kappa shape index (κ3) is 68.7. The van der Waals surface area contributed by atoms with E-state index < -0.39 is 6.10 Å². The van der Waals surface area contributed by atoms with E-state index in [2.05, 4.69) is 45.1 Å². The first kappa shape index (κ1) is 79.9. The number of ether oxygens (including phenoxy) is 3. The molecule has 0 bridgehead atoms. The molecule has 484 valence electrons. The third-order valence-electron chi connectivity index (χ3n) is 17.2. The second-order valence-electron chi connectivity index (χ2n) is 25.6. The zero-order valence-corrected chi connectivity index (χ0v) is 55.8. The van der Waals surface area contributed by atoms with Gasteiger partial charge in [0.05, 0.1) is 0 Å². The Morgan fingerprint density at radius 2 is 0.402 bits per heavy atom. The molecule has 1 unspecified atom stereocenters. The predicted molar refractivity (Wildman–Crippen MR) is 358 cm³/mol. The van der Waals surface area contributed by atoms with Crippen LogP contribution in [-0.4, -0.2) is 37.2 Å². The van der Waals surface area contributed by atoms with E-state index in [1.54, 1.807) is 0 Å². The van der Waals surface area contributed by atoms with E-state index in [-0.39, 0.29) is 31.1 Å². The fourth-order valence-electron chi connectivity index (χ4n) is 11.6. The summed E-state index contributed by atoms with van der Waals surface area (Å²) in [7, 11) is 0. The van der Waals surface area contributed by atoms with Crippen molar-refractivity contribution in [2.45, 2.75) is 431 Å². The van der Waals surface area contributed by atoms with Crippen LogP contribution in [0.25, 0.3) is 0 Å². The van der Waals surface area contributed by atoms with Crippen LogP contribution in [0.3, 0.4) is 0 Å². The average Bonchev–Trinajstić information content (AvgIpc) is 3.47. The molecule has 0 radical (unpaired) electrons. The van der Waals surface area contributed by atoms with E-state index in [4.69, 9.17) is 14.2 Å². The molecular weight excluding hydrogens is 1010 g/mol. The van der Waals surface area contributed by atoms with Gasteiger partial charge in [0.25, 0.3) is 0 Å². The molecule has 0 aliphatic heterocycles. The molecule has 6 heteroatoms. The second-order valence-corrected chi connectivity index (χ2v) is 25.6. The Balaban J connectivity index is 4.11. The molecule has 0 aromatic rings. The maximum absolute atomic E-state index is 12.9. The average molecular weight is 1150 g/mol. The van der Waals surface area contributed by atoms with Crippen molar-refractivity contribution in [3.63, 3.8) is 0 Å². The number of rotatable bonds is 70. The van der Waals surface area contributed by atoms with E-state index in [0.29, 0.717) is 19.3 Å². The maximum atomic E-state index is 12.9. The molecule has 82 heavy (non-hydrogen) atoms. The van der Waals surface area contributed by atoms with Gasteiger partial charge in [-0.05, 0) is 70.6 Å². The van der Waals surface area contributed by atoms with Crippen molar-refractivity contribution in [3.8, 4) is 0 Å². The fourth-order valence-corrected chi connectivity index (χ4v) is 11.6. The van der Waals surface area contributed by atoms with E-state index in [0.717, 1.165) is 64.2 Å². The molecule has 0 fully saturated rings. The summed E-state index contributed by atoms with van der Waals surface area (Å²) in [6.45, 7) is 6.69. The molecule has 0 amide bonds. The highest BCUT2D eigenvalue weighted by Crippen LogP contribution is 2.19. The molecule has 0 spiro atoms. The summed E-state index contributed by atoms with van der Waals surface area (Å²) < 4.78 is 17.0. The number of esters is 3. The van der Waals surface area contributed by atoms with Crippen LogP contribution in [0.1, 0.15) is 425 Å². The van der Waals surface area contributed by atoms with Gasteiger partial charge >= 0.3 is 17.9 Å². The van der Waals surface area contributed by atoms with Crippen LogP contribution in [-0.2, 0) is 28.6 Å². The Morgan fingerprint density at radius 1 is 0.232 bits per heavy atom. The van der Waals surface area contributed by atoms with Gasteiger partial charge in [0.2, 0.25) is 0 Å². The van der Waals surface area contributed by atoms with Gasteiger partial charge < -0.3 is 14.2 Å². The number of carbonyl (C=O) groups is 3. The highest BCUT2D eigenvalue weighted by atomic mass is 16.6. The largest absolute Gasteiger partial charge is 0.462 e. The summed E-state index contributed by atoms with van der Waals surface area (Å²) in [5.41, 5.74) is 0. The molecule has 0 heterocycles. The number of carbonyl (C=O) groups excluding carboxylic acids is 3. The van der Waals surface area contributed by atoms with Crippen LogP contribution in [0.4, 0.5) is 0 Å². The smallest absolute Gasteiger partial charge is 0.306 e. The minimum atomic E-state index is -0.774. The molecule has 0 saturated heterocycles. The highest BCUT2D eigenvalue weighted by molar-refractivity contribution is 5.71. The monoisotopic (exact) mass is 1150 g/mol. The van der Waals surface area contributed by atoms with Crippen molar-refractivity contribution < 1.29 is 28.6 Å². The van der Waals surface area contributed by atoms with Crippen molar-refractivity contribution in [1.29, 1.82) is 0 Å². The summed E-state index contributed by atoms with van der Waals surface area (Å²) >= 11 is 0. The molecule has 6 nitrogen and oxygen atoms in total. The molecule has 0 saturated carbocycles. The highest BCUT2D eigenvalue weighted by Gasteiger charge is 2.20. The van der Waals surface area contributed by atoms with Gasteiger partial charge in [-0.15, -0.1) is 0 Å². The van der Waals surface area contributed by atoms with E-state index >= 15 is 0 Å². The van der Waals surface area contributed by atoms with Gasteiger partial charge in [-0.2, -0.15) is 0 Å². The molecule has 0 aromatic heterocycles. The first-order valence-electron chi connectivity index (χ1n) is 37.3. The Bertz CT molecular complexity index is 1320. The standard InChI is InChI=1S/C76H144O6/c1-4-7-10-13-16-19-22-25-27-29-31-32-33-34-35-36-37-38-39-40-41-42-43-45-46-48-51-54-57-60-63-66-69-75(78)81-72-73(71-80-74(77)68-65-62-59-56-53-50-24-21-18-15-12-9-6-3)82-76(79)70-67-64-61-58-55-52-49-47-44-30-28-26-23-20-17-14-11-8-5-2/h21,24,26,28,73H,4-20,22-23,25,27,29-72H2,1-3H3/b24-21-,28-26-. The van der Waals surface area contributed by atoms with Crippen molar-refractivity contribution in [2.75, 3.05) is 13.2 Å². The van der Waals surface area contributed by atoms with Crippen LogP contribution in [0.15, 0.2) is 24.3 Å². The zero-order valence-electron chi connectivity index (χ0n) is 55.8. The topological polar surface area (TPSA) is 78.9 Å². The normalized spacial score (nSPS) is 12.1. The quantitative estimate of drug-likeness (QED) is 0.0261. The van der Waals surface area contributed by atoms with Gasteiger partial charge in [-0.1, -0.05) is 360 Å². The van der Waals surface area contributed by atoms with Crippen LogP contribution >= 0.6 is 0 Å². The molecule has 0 rings (SSSR count). The van der Waals surface area contributed by atoms with Gasteiger partial charge in [0.1, 0.15) is 13.2 Å². The Labute approximate surface area is 513 Å². The summed E-state index contributed by atoms with van der Waals surface area (Å²) in [6, 6.07) is 0.